The Morgan fingerprint density at radius 1 is 1.16 bits per heavy atom. The summed E-state index contributed by atoms with van der Waals surface area (Å²) < 4.78 is 44.5. The van der Waals surface area contributed by atoms with E-state index in [1.807, 2.05) is 13.0 Å². The molecule has 2 N–H and O–H groups in total. The Labute approximate surface area is 219 Å². The summed E-state index contributed by atoms with van der Waals surface area (Å²) in [5, 5.41) is 12.6. The minimum atomic E-state index is -4.65. The van der Waals surface area contributed by atoms with Crippen LogP contribution in [0.2, 0.25) is 0 Å². The predicted octanol–water partition coefficient (Wildman–Crippen LogP) is 4.94. The van der Waals surface area contributed by atoms with E-state index < -0.39 is 30.0 Å². The average molecular weight is 548 g/mol. The molecule has 1 saturated heterocycles. The number of likely N-dealkylation sites (tertiary alicyclic amines) is 1. The summed E-state index contributed by atoms with van der Waals surface area (Å²) in [6, 6.07) is 4.47. The van der Waals surface area contributed by atoms with E-state index in [9.17, 15) is 22.8 Å². The van der Waals surface area contributed by atoms with Crippen LogP contribution in [0.15, 0.2) is 36.8 Å². The fourth-order valence-corrected chi connectivity index (χ4v) is 5.57. The summed E-state index contributed by atoms with van der Waals surface area (Å²) in [6.45, 7) is 4.55. The lowest BCUT2D eigenvalue weighted by molar-refractivity contribution is -0.145. The number of alkyl halides is 3. The van der Waals surface area contributed by atoms with E-state index in [1.54, 1.807) is 25.3 Å². The Morgan fingerprint density at radius 3 is 2.42 bits per heavy atom. The van der Waals surface area contributed by atoms with Gasteiger partial charge in [-0.05, 0) is 44.9 Å². The van der Waals surface area contributed by atoms with Gasteiger partial charge in [-0.2, -0.15) is 13.2 Å². The molecule has 2 aromatic heterocycles. The normalized spacial score (nSPS) is 17.4. The van der Waals surface area contributed by atoms with Crippen LogP contribution in [0.4, 0.5) is 18.0 Å². The second-order valence-corrected chi connectivity index (χ2v) is 11.1. The second kappa shape index (κ2) is 9.53. The van der Waals surface area contributed by atoms with Crippen molar-refractivity contribution < 1.29 is 32.6 Å². The molecule has 13 heteroatoms. The number of hydrogen-bond donors (Lipinski definition) is 2. The van der Waals surface area contributed by atoms with Crippen molar-refractivity contribution in [1.82, 2.24) is 25.2 Å². The van der Waals surface area contributed by atoms with Crippen LogP contribution in [0.5, 0.6) is 5.75 Å². The van der Waals surface area contributed by atoms with Crippen molar-refractivity contribution in [1.29, 1.82) is 0 Å². The zero-order valence-corrected chi connectivity index (χ0v) is 21.3. The molecule has 1 aliphatic heterocycles. The van der Waals surface area contributed by atoms with Gasteiger partial charge in [-0.15, -0.1) is 11.3 Å². The first kappa shape index (κ1) is 25.9. The van der Waals surface area contributed by atoms with Gasteiger partial charge in [0.1, 0.15) is 16.9 Å². The average Bonchev–Trinajstić information content (AvgIpc) is 3.25. The highest BCUT2D eigenvalue weighted by Crippen LogP contribution is 2.49. The highest BCUT2D eigenvalue weighted by molar-refractivity contribution is 7.14. The van der Waals surface area contributed by atoms with Crippen molar-refractivity contribution in [2.75, 3.05) is 13.1 Å². The van der Waals surface area contributed by atoms with Crippen molar-refractivity contribution in [3.63, 3.8) is 0 Å². The molecule has 1 aromatic carbocycles. The van der Waals surface area contributed by atoms with Crippen LogP contribution in [0.25, 0.3) is 10.6 Å². The maximum absolute atomic E-state index is 13.2. The number of aromatic nitrogens is 3. The molecule has 200 valence electrons. The summed E-state index contributed by atoms with van der Waals surface area (Å²) in [7, 11) is 0. The number of nitrogens with zero attached hydrogens (tertiary/aromatic N) is 4. The van der Waals surface area contributed by atoms with Gasteiger partial charge < -0.3 is 20.1 Å². The Hall–Kier alpha value is -3.74. The fraction of sp³-hybridized carbons (Fsp3) is 0.400. The molecule has 3 aromatic rings. The number of benzene rings is 1. The number of rotatable bonds is 6. The smallest absolute Gasteiger partial charge is 0.451 e. The van der Waals surface area contributed by atoms with Crippen LogP contribution in [0, 0.1) is 12.3 Å². The monoisotopic (exact) mass is 547 g/mol. The van der Waals surface area contributed by atoms with Crippen molar-refractivity contribution in [2.24, 2.45) is 5.41 Å². The third-order valence-corrected chi connectivity index (χ3v) is 7.72. The van der Waals surface area contributed by atoms with Crippen molar-refractivity contribution in [2.45, 2.75) is 45.0 Å². The number of carboxylic acid groups (broad SMARTS) is 1. The van der Waals surface area contributed by atoms with Crippen LogP contribution < -0.4 is 10.1 Å². The molecule has 5 rings (SSSR count). The molecule has 2 fully saturated rings. The summed E-state index contributed by atoms with van der Waals surface area (Å²) in [5.41, 5.74) is 1.29. The summed E-state index contributed by atoms with van der Waals surface area (Å²) in [6.07, 6.45) is -0.388. The molecule has 9 nitrogen and oxygen atoms in total. The number of hydrogen-bond acceptors (Lipinski definition) is 7. The summed E-state index contributed by atoms with van der Waals surface area (Å²) in [4.78, 5) is 37.7. The summed E-state index contributed by atoms with van der Waals surface area (Å²) in [5.74, 6) is -1.21. The molecule has 0 bridgehead atoms. The van der Waals surface area contributed by atoms with Gasteiger partial charge in [-0.3, -0.25) is 4.79 Å². The molecule has 0 unspecified atom stereocenters. The third-order valence-electron chi connectivity index (χ3n) is 6.76. The predicted molar refractivity (Wildman–Crippen MR) is 131 cm³/mol. The van der Waals surface area contributed by atoms with Crippen LogP contribution in [0.1, 0.15) is 52.4 Å². The lowest BCUT2D eigenvalue weighted by Gasteiger charge is -2.57. The SMILES string of the molecule is Cc1cnc(-c2cc(OC3CC4(C3)CN(C(=O)O)C4)cc(C(=O)N[C@H](C)c3cnc(C(F)(F)F)nc3)c2)s1. The standard InChI is InChI=1S/C25H24F3N5O4S/c1-13-8-29-21(38-13)16-3-15(20(34)32-14(2)17-9-30-22(31-10-17)25(26,27)28)4-18(5-16)37-19-6-24(7-19)11-33(12-24)23(35)36/h3-5,8-10,14,19H,6-7,11-12H2,1-2H3,(H,32,34)(H,35,36)/t14-/m1/s1. The van der Waals surface area contributed by atoms with Gasteiger partial charge in [0.25, 0.3) is 5.91 Å². The van der Waals surface area contributed by atoms with Crippen molar-refractivity contribution in [3.05, 3.63) is 58.6 Å². The minimum absolute atomic E-state index is 0.0353. The third kappa shape index (κ3) is 5.28. The van der Waals surface area contributed by atoms with Crippen molar-refractivity contribution >= 4 is 23.3 Å². The topological polar surface area (TPSA) is 118 Å². The maximum atomic E-state index is 13.2. The number of thiazole rings is 1. The van der Waals surface area contributed by atoms with Crippen LogP contribution >= 0.6 is 11.3 Å². The molecule has 1 spiro atoms. The van der Waals surface area contributed by atoms with E-state index in [0.717, 1.165) is 30.1 Å². The lowest BCUT2D eigenvalue weighted by atomic mass is 9.62. The van der Waals surface area contributed by atoms with E-state index in [-0.39, 0.29) is 11.5 Å². The van der Waals surface area contributed by atoms with Gasteiger partial charge in [0.05, 0.1) is 6.04 Å². The Bertz CT molecular complexity index is 1360. The number of carbonyl (C=O) groups is 2. The number of aryl methyl sites for hydroxylation is 1. The van der Waals surface area contributed by atoms with E-state index in [2.05, 4.69) is 20.3 Å². The quantitative estimate of drug-likeness (QED) is 0.449. The van der Waals surface area contributed by atoms with E-state index in [1.165, 1.54) is 16.2 Å². The zero-order valence-electron chi connectivity index (χ0n) is 20.5. The van der Waals surface area contributed by atoms with E-state index >= 15 is 0 Å². The number of nitrogens with one attached hydrogen (secondary N) is 1. The molecule has 0 radical (unpaired) electrons. The minimum Gasteiger partial charge on any atom is -0.490 e. The largest absolute Gasteiger partial charge is 0.490 e. The van der Waals surface area contributed by atoms with Gasteiger partial charge >= 0.3 is 12.3 Å². The highest BCUT2D eigenvalue weighted by Gasteiger charge is 2.55. The summed E-state index contributed by atoms with van der Waals surface area (Å²) >= 11 is 1.47. The number of amides is 2. The first-order valence-electron chi connectivity index (χ1n) is 11.8. The number of carbonyl (C=O) groups excluding carboxylic acids is 1. The molecule has 2 aliphatic rings. The fourth-order valence-electron chi connectivity index (χ4n) is 4.82. The van der Waals surface area contributed by atoms with Crippen LogP contribution in [-0.4, -0.2) is 56.2 Å². The second-order valence-electron chi connectivity index (χ2n) is 9.84. The van der Waals surface area contributed by atoms with Gasteiger partial charge in [-0.25, -0.2) is 19.7 Å². The van der Waals surface area contributed by atoms with Gasteiger partial charge in [-0.1, -0.05) is 0 Å². The number of ether oxygens (including phenoxy) is 1. The Kier molecular flexibility index (Phi) is 6.49. The molecular weight excluding hydrogens is 523 g/mol. The van der Waals surface area contributed by atoms with Crippen LogP contribution in [0.3, 0.4) is 0 Å². The van der Waals surface area contributed by atoms with Crippen molar-refractivity contribution in [3.8, 4) is 16.3 Å². The first-order chi connectivity index (χ1) is 17.9. The lowest BCUT2D eigenvalue weighted by Crippen LogP contribution is -2.65. The molecule has 38 heavy (non-hydrogen) atoms. The van der Waals surface area contributed by atoms with E-state index in [4.69, 9.17) is 9.84 Å². The Morgan fingerprint density at radius 2 is 1.84 bits per heavy atom. The number of halogens is 3. The van der Waals surface area contributed by atoms with Gasteiger partial charge in [0.15, 0.2) is 0 Å². The molecule has 1 atom stereocenters. The van der Waals surface area contributed by atoms with Crippen LogP contribution in [-0.2, 0) is 6.18 Å². The molecular formula is C25H24F3N5O4S. The van der Waals surface area contributed by atoms with Gasteiger partial charge in [0, 0.05) is 58.7 Å². The highest BCUT2D eigenvalue weighted by atomic mass is 32.1. The maximum Gasteiger partial charge on any atom is 0.451 e. The first-order valence-corrected chi connectivity index (χ1v) is 12.6. The molecule has 3 heterocycles. The van der Waals surface area contributed by atoms with Gasteiger partial charge in [0.2, 0.25) is 5.82 Å². The molecule has 1 aliphatic carbocycles. The molecule has 2 amide bonds. The van der Waals surface area contributed by atoms with E-state index in [0.29, 0.717) is 40.5 Å². The zero-order chi connectivity index (χ0) is 27.2. The molecule has 1 saturated carbocycles. The Balaban J connectivity index is 1.31.